The smallest absolute Gasteiger partial charge is 0.313 e. The SMILES string of the molecule is CC.COC(=O)C1CCCc2c1ccc1c2OCO1.NO. The van der Waals surface area contributed by atoms with E-state index in [1.807, 2.05) is 26.0 Å². The molecule has 1 aliphatic heterocycles. The van der Waals surface area contributed by atoms with Gasteiger partial charge in [-0.3, -0.25) is 4.79 Å². The molecule has 0 fully saturated rings. The van der Waals surface area contributed by atoms with E-state index in [0.29, 0.717) is 0 Å². The lowest BCUT2D eigenvalue weighted by molar-refractivity contribution is -0.142. The van der Waals surface area contributed by atoms with Crippen LogP contribution in [0.3, 0.4) is 0 Å². The lowest BCUT2D eigenvalue weighted by Gasteiger charge is -2.24. The fraction of sp³-hybridized carbons (Fsp3) is 0.533. The molecule has 0 saturated heterocycles. The molecule has 118 valence electrons. The summed E-state index contributed by atoms with van der Waals surface area (Å²) in [7, 11) is 1.43. The van der Waals surface area contributed by atoms with Crippen molar-refractivity contribution in [2.45, 2.75) is 39.0 Å². The Morgan fingerprint density at radius 3 is 2.71 bits per heavy atom. The van der Waals surface area contributed by atoms with Crippen LogP contribution in [0.5, 0.6) is 11.5 Å². The topological polar surface area (TPSA) is 91.0 Å². The van der Waals surface area contributed by atoms with Gasteiger partial charge in [0, 0.05) is 5.56 Å². The standard InChI is InChI=1S/C13H14O4.C2H6.H3NO/c1-15-13(14)10-4-2-3-9-8(10)5-6-11-12(9)17-7-16-11;2*1-2/h5-6,10H,2-4,7H2,1H3;1-2H3;2H,1H2. The number of benzene rings is 1. The van der Waals surface area contributed by atoms with Crippen molar-refractivity contribution in [1.82, 2.24) is 0 Å². The van der Waals surface area contributed by atoms with Crippen LogP contribution in [-0.2, 0) is 16.0 Å². The number of fused-ring (bicyclic) bond motifs is 3. The molecule has 1 aromatic rings. The summed E-state index contributed by atoms with van der Waals surface area (Å²) in [5.41, 5.74) is 2.15. The number of ether oxygens (including phenoxy) is 3. The van der Waals surface area contributed by atoms with Crippen molar-refractivity contribution in [3.8, 4) is 11.5 Å². The first-order valence-corrected chi connectivity index (χ1v) is 7.06. The second-order valence-corrected chi connectivity index (χ2v) is 4.34. The molecule has 6 nitrogen and oxygen atoms in total. The molecule has 1 aromatic carbocycles. The number of esters is 1. The molecule has 21 heavy (non-hydrogen) atoms. The van der Waals surface area contributed by atoms with Gasteiger partial charge in [-0.25, -0.2) is 5.90 Å². The molecule has 0 radical (unpaired) electrons. The minimum absolute atomic E-state index is 0.154. The van der Waals surface area contributed by atoms with Crippen LogP contribution in [0.1, 0.15) is 43.7 Å². The van der Waals surface area contributed by atoms with Crippen LogP contribution in [0, 0.1) is 0 Å². The zero-order chi connectivity index (χ0) is 15.8. The van der Waals surface area contributed by atoms with E-state index in [9.17, 15) is 4.79 Å². The van der Waals surface area contributed by atoms with E-state index in [-0.39, 0.29) is 18.7 Å². The van der Waals surface area contributed by atoms with Gasteiger partial charge < -0.3 is 19.4 Å². The number of carbonyl (C=O) groups is 1. The van der Waals surface area contributed by atoms with E-state index in [0.717, 1.165) is 41.9 Å². The largest absolute Gasteiger partial charge is 0.469 e. The molecular formula is C15H23NO5. The second-order valence-electron chi connectivity index (χ2n) is 4.34. The molecule has 3 rings (SSSR count). The molecule has 0 saturated carbocycles. The lowest BCUT2D eigenvalue weighted by atomic mass is 9.82. The van der Waals surface area contributed by atoms with Crippen molar-refractivity contribution < 1.29 is 24.2 Å². The van der Waals surface area contributed by atoms with Gasteiger partial charge in [-0.15, -0.1) is 0 Å². The van der Waals surface area contributed by atoms with Crippen molar-refractivity contribution in [2.75, 3.05) is 13.9 Å². The Bertz CT molecular complexity index is 475. The molecule has 1 unspecified atom stereocenters. The summed E-state index contributed by atoms with van der Waals surface area (Å²) in [4.78, 5) is 11.7. The van der Waals surface area contributed by atoms with E-state index < -0.39 is 0 Å². The second kappa shape index (κ2) is 8.49. The Kier molecular flexibility index (Phi) is 6.98. The van der Waals surface area contributed by atoms with Gasteiger partial charge in [-0.05, 0) is 30.9 Å². The number of nitrogens with two attached hydrogens (primary N) is 1. The summed E-state index contributed by atoms with van der Waals surface area (Å²) in [5, 5.41) is 6.50. The van der Waals surface area contributed by atoms with Gasteiger partial charge in [0.05, 0.1) is 13.0 Å². The summed E-state index contributed by atoms with van der Waals surface area (Å²) in [6.07, 6.45) is 2.77. The monoisotopic (exact) mass is 297 g/mol. The Hall–Kier alpha value is -1.79. The Morgan fingerprint density at radius 1 is 1.33 bits per heavy atom. The zero-order valence-corrected chi connectivity index (χ0v) is 12.7. The minimum atomic E-state index is -0.162. The molecule has 2 aliphatic rings. The highest BCUT2D eigenvalue weighted by molar-refractivity contribution is 5.79. The van der Waals surface area contributed by atoms with E-state index in [1.54, 1.807) is 0 Å². The zero-order valence-electron chi connectivity index (χ0n) is 12.7. The maximum absolute atomic E-state index is 11.7. The van der Waals surface area contributed by atoms with Crippen LogP contribution in [0.15, 0.2) is 12.1 Å². The minimum Gasteiger partial charge on any atom is -0.469 e. The third kappa shape index (κ3) is 3.46. The summed E-state index contributed by atoms with van der Waals surface area (Å²) < 4.78 is 15.7. The maximum Gasteiger partial charge on any atom is 0.313 e. The highest BCUT2D eigenvalue weighted by atomic mass is 16.7. The molecule has 6 heteroatoms. The maximum atomic E-state index is 11.7. The highest BCUT2D eigenvalue weighted by Gasteiger charge is 2.31. The number of carbonyl (C=O) groups excluding carboxylic acids is 1. The van der Waals surface area contributed by atoms with Crippen molar-refractivity contribution in [3.63, 3.8) is 0 Å². The third-order valence-electron chi connectivity index (χ3n) is 3.46. The normalized spacial score (nSPS) is 17.5. The van der Waals surface area contributed by atoms with Crippen LogP contribution >= 0.6 is 0 Å². The van der Waals surface area contributed by atoms with Gasteiger partial charge in [-0.1, -0.05) is 19.9 Å². The van der Waals surface area contributed by atoms with Gasteiger partial charge >= 0.3 is 5.97 Å². The van der Waals surface area contributed by atoms with Crippen LogP contribution < -0.4 is 15.4 Å². The Balaban J connectivity index is 0.000000510. The molecule has 0 spiro atoms. The fourth-order valence-electron chi connectivity index (χ4n) is 2.66. The predicted molar refractivity (Wildman–Crippen MR) is 77.6 cm³/mol. The quantitative estimate of drug-likeness (QED) is 0.611. The lowest BCUT2D eigenvalue weighted by Crippen LogP contribution is -2.19. The van der Waals surface area contributed by atoms with Crippen LogP contribution in [0.25, 0.3) is 0 Å². The molecule has 3 N–H and O–H groups in total. The van der Waals surface area contributed by atoms with Crippen molar-refractivity contribution in [1.29, 1.82) is 0 Å². The fourth-order valence-corrected chi connectivity index (χ4v) is 2.66. The van der Waals surface area contributed by atoms with Gasteiger partial charge in [0.25, 0.3) is 0 Å². The number of hydrogen-bond acceptors (Lipinski definition) is 6. The average molecular weight is 297 g/mol. The first kappa shape index (κ1) is 17.3. The number of methoxy groups -OCH3 is 1. The van der Waals surface area contributed by atoms with Crippen LogP contribution in [-0.4, -0.2) is 25.1 Å². The molecule has 1 aliphatic carbocycles. The number of rotatable bonds is 1. The van der Waals surface area contributed by atoms with E-state index in [4.69, 9.17) is 19.4 Å². The third-order valence-corrected chi connectivity index (χ3v) is 3.46. The molecule has 1 atom stereocenters. The van der Waals surface area contributed by atoms with Crippen molar-refractivity contribution in [2.24, 2.45) is 5.90 Å². The van der Waals surface area contributed by atoms with Gasteiger partial charge in [0.1, 0.15) is 0 Å². The van der Waals surface area contributed by atoms with E-state index in [2.05, 4.69) is 5.90 Å². The van der Waals surface area contributed by atoms with Gasteiger partial charge in [0.15, 0.2) is 11.5 Å². The highest BCUT2D eigenvalue weighted by Crippen LogP contribution is 2.44. The summed E-state index contributed by atoms with van der Waals surface area (Å²) >= 11 is 0. The molecular weight excluding hydrogens is 274 g/mol. The summed E-state index contributed by atoms with van der Waals surface area (Å²) in [6.45, 7) is 4.27. The summed E-state index contributed by atoms with van der Waals surface area (Å²) in [6, 6.07) is 3.84. The van der Waals surface area contributed by atoms with Crippen LogP contribution in [0.2, 0.25) is 0 Å². The van der Waals surface area contributed by atoms with Crippen LogP contribution in [0.4, 0.5) is 0 Å². The summed E-state index contributed by atoms with van der Waals surface area (Å²) in [5.74, 6) is 4.79. The van der Waals surface area contributed by atoms with Gasteiger partial charge in [-0.2, -0.15) is 0 Å². The van der Waals surface area contributed by atoms with Crippen molar-refractivity contribution in [3.05, 3.63) is 23.3 Å². The van der Waals surface area contributed by atoms with Gasteiger partial charge in [0.2, 0.25) is 6.79 Å². The average Bonchev–Trinajstić information content (AvgIpc) is 3.06. The van der Waals surface area contributed by atoms with E-state index >= 15 is 0 Å². The molecule has 0 bridgehead atoms. The Labute approximate surface area is 124 Å². The molecule has 1 heterocycles. The Morgan fingerprint density at radius 2 is 2.05 bits per heavy atom. The molecule has 0 amide bonds. The van der Waals surface area contributed by atoms with Crippen molar-refractivity contribution >= 4 is 5.97 Å². The molecule has 0 aromatic heterocycles. The predicted octanol–water partition coefficient (Wildman–Crippen LogP) is 2.37. The van der Waals surface area contributed by atoms with E-state index in [1.165, 1.54) is 7.11 Å². The first-order chi connectivity index (χ1) is 10.3. The number of hydrogen-bond donors (Lipinski definition) is 2. The first-order valence-electron chi connectivity index (χ1n) is 7.06.